The first-order valence-electron chi connectivity index (χ1n) is 7.12. The van der Waals surface area contributed by atoms with Crippen molar-refractivity contribution in [1.82, 2.24) is 10.3 Å². The average molecular weight is 288 g/mol. The van der Waals surface area contributed by atoms with Crippen LogP contribution in [-0.2, 0) is 11.2 Å². The Kier molecular flexibility index (Phi) is 5.11. The van der Waals surface area contributed by atoms with Gasteiger partial charge in [-0.1, -0.05) is 18.2 Å². The number of aryl methyl sites for hydroxylation is 1. The number of amides is 1. The molecule has 2 aromatic rings. The van der Waals surface area contributed by atoms with Crippen LogP contribution in [0.3, 0.4) is 0 Å². The molecule has 0 radical (unpaired) electrons. The maximum Gasteiger partial charge on any atom is 0.251 e. The Labute approximate surface area is 123 Å². The lowest BCUT2D eigenvalue weighted by molar-refractivity contribution is -0.121. The molecule has 0 aliphatic heterocycles. The van der Waals surface area contributed by atoms with Crippen molar-refractivity contribution in [3.05, 3.63) is 46.2 Å². The number of rotatable bonds is 6. The van der Waals surface area contributed by atoms with Crippen LogP contribution in [0.15, 0.2) is 35.1 Å². The lowest BCUT2D eigenvalue weighted by Crippen LogP contribution is -2.27. The standard InChI is InChI=1S/C16H20N2O3/c1-11(19)8-9-17-15(20)7-6-13-10-12-4-2-3-5-14(12)18-16(13)21/h2-5,10-11,19H,6-9H2,1H3,(H,17,20)(H,18,21). The van der Waals surface area contributed by atoms with Crippen LogP contribution in [0.4, 0.5) is 0 Å². The number of aliphatic hydroxyl groups is 1. The first-order chi connectivity index (χ1) is 10.1. The average Bonchev–Trinajstić information content (AvgIpc) is 2.44. The molecule has 1 heterocycles. The lowest BCUT2D eigenvalue weighted by atomic mass is 10.1. The smallest absolute Gasteiger partial charge is 0.251 e. The zero-order chi connectivity index (χ0) is 15.2. The van der Waals surface area contributed by atoms with Gasteiger partial charge in [-0.2, -0.15) is 0 Å². The summed E-state index contributed by atoms with van der Waals surface area (Å²) in [6, 6.07) is 9.39. The molecule has 0 saturated carbocycles. The van der Waals surface area contributed by atoms with Crippen LogP contribution in [0.5, 0.6) is 0 Å². The highest BCUT2D eigenvalue weighted by molar-refractivity contribution is 5.79. The molecule has 2 rings (SSSR count). The Morgan fingerprint density at radius 3 is 2.90 bits per heavy atom. The Bertz CT molecular complexity index is 677. The topological polar surface area (TPSA) is 82.2 Å². The molecule has 112 valence electrons. The van der Waals surface area contributed by atoms with Crippen molar-refractivity contribution >= 4 is 16.8 Å². The van der Waals surface area contributed by atoms with Gasteiger partial charge in [-0.15, -0.1) is 0 Å². The normalized spacial score (nSPS) is 12.3. The SMILES string of the molecule is CC(O)CCNC(=O)CCc1cc2ccccc2[nH]c1=O. The van der Waals surface area contributed by atoms with E-state index in [9.17, 15) is 9.59 Å². The number of carbonyl (C=O) groups is 1. The van der Waals surface area contributed by atoms with Crippen LogP contribution < -0.4 is 10.9 Å². The molecule has 0 fully saturated rings. The highest BCUT2D eigenvalue weighted by Gasteiger charge is 2.07. The number of nitrogens with one attached hydrogen (secondary N) is 2. The van der Waals surface area contributed by atoms with E-state index in [4.69, 9.17) is 5.11 Å². The molecule has 0 spiro atoms. The summed E-state index contributed by atoms with van der Waals surface area (Å²) < 4.78 is 0. The van der Waals surface area contributed by atoms with Gasteiger partial charge in [0.05, 0.1) is 6.10 Å². The number of hydrogen-bond donors (Lipinski definition) is 3. The van der Waals surface area contributed by atoms with Crippen LogP contribution in [-0.4, -0.2) is 28.6 Å². The molecule has 0 aliphatic rings. The summed E-state index contributed by atoms with van der Waals surface area (Å²) in [6.45, 7) is 2.13. The number of fused-ring (bicyclic) bond motifs is 1. The number of H-pyrrole nitrogens is 1. The summed E-state index contributed by atoms with van der Waals surface area (Å²) in [5, 5.41) is 12.8. The van der Waals surface area contributed by atoms with E-state index < -0.39 is 6.10 Å². The summed E-state index contributed by atoms with van der Waals surface area (Å²) in [5.74, 6) is -0.108. The molecule has 1 aromatic carbocycles. The summed E-state index contributed by atoms with van der Waals surface area (Å²) in [4.78, 5) is 26.4. The Hall–Kier alpha value is -2.14. The molecule has 0 bridgehead atoms. The highest BCUT2D eigenvalue weighted by Crippen LogP contribution is 2.10. The van der Waals surface area contributed by atoms with Crippen LogP contribution in [0.1, 0.15) is 25.3 Å². The molecule has 1 unspecified atom stereocenters. The second kappa shape index (κ2) is 7.04. The van der Waals surface area contributed by atoms with E-state index in [-0.39, 0.29) is 17.9 Å². The minimum Gasteiger partial charge on any atom is -0.393 e. The lowest BCUT2D eigenvalue weighted by Gasteiger charge is -2.07. The van der Waals surface area contributed by atoms with E-state index in [1.807, 2.05) is 30.3 Å². The number of para-hydroxylation sites is 1. The Morgan fingerprint density at radius 1 is 1.38 bits per heavy atom. The molecular formula is C16H20N2O3. The van der Waals surface area contributed by atoms with Gasteiger partial charge in [0, 0.05) is 24.0 Å². The minimum atomic E-state index is -0.423. The van der Waals surface area contributed by atoms with Crippen molar-refractivity contribution in [2.24, 2.45) is 0 Å². The summed E-state index contributed by atoms with van der Waals surface area (Å²) in [7, 11) is 0. The van der Waals surface area contributed by atoms with Gasteiger partial charge in [-0.25, -0.2) is 0 Å². The number of aromatic nitrogens is 1. The Balaban J connectivity index is 1.95. The first-order valence-corrected chi connectivity index (χ1v) is 7.12. The number of aromatic amines is 1. The minimum absolute atomic E-state index is 0.108. The van der Waals surface area contributed by atoms with Gasteiger partial charge in [0.15, 0.2) is 0 Å². The summed E-state index contributed by atoms with van der Waals surface area (Å²) in [5.41, 5.74) is 1.26. The van der Waals surface area contributed by atoms with E-state index in [0.717, 1.165) is 10.9 Å². The van der Waals surface area contributed by atoms with Gasteiger partial charge in [-0.3, -0.25) is 9.59 Å². The quantitative estimate of drug-likeness (QED) is 0.750. The van der Waals surface area contributed by atoms with Gasteiger partial charge in [-0.05, 0) is 37.3 Å². The fraction of sp³-hybridized carbons (Fsp3) is 0.375. The van der Waals surface area contributed by atoms with Gasteiger partial charge >= 0.3 is 0 Å². The number of benzene rings is 1. The molecule has 1 amide bonds. The third-order valence-corrected chi connectivity index (χ3v) is 3.34. The molecule has 21 heavy (non-hydrogen) atoms. The van der Waals surface area contributed by atoms with Crippen molar-refractivity contribution in [2.75, 3.05) is 6.54 Å². The van der Waals surface area contributed by atoms with Gasteiger partial charge < -0.3 is 15.4 Å². The molecule has 1 atom stereocenters. The van der Waals surface area contributed by atoms with Gasteiger partial charge in [0.2, 0.25) is 5.91 Å². The zero-order valence-corrected chi connectivity index (χ0v) is 12.1. The summed E-state index contributed by atoms with van der Waals surface area (Å²) in [6.07, 6.45) is 0.776. The van der Waals surface area contributed by atoms with Crippen molar-refractivity contribution < 1.29 is 9.90 Å². The molecule has 3 N–H and O–H groups in total. The van der Waals surface area contributed by atoms with Gasteiger partial charge in [0.25, 0.3) is 5.56 Å². The molecule has 1 aromatic heterocycles. The van der Waals surface area contributed by atoms with Crippen LogP contribution >= 0.6 is 0 Å². The maximum absolute atomic E-state index is 11.9. The fourth-order valence-corrected chi connectivity index (χ4v) is 2.14. The molecule has 0 saturated heterocycles. The van der Waals surface area contributed by atoms with Gasteiger partial charge in [0.1, 0.15) is 0 Å². The largest absolute Gasteiger partial charge is 0.393 e. The maximum atomic E-state index is 11.9. The van der Waals surface area contributed by atoms with E-state index in [1.165, 1.54) is 0 Å². The third-order valence-electron chi connectivity index (χ3n) is 3.34. The number of pyridine rings is 1. The second-order valence-electron chi connectivity index (χ2n) is 5.20. The predicted molar refractivity (Wildman–Crippen MR) is 82.2 cm³/mol. The number of aliphatic hydroxyl groups excluding tert-OH is 1. The number of hydrogen-bond acceptors (Lipinski definition) is 3. The molecule has 5 nitrogen and oxygen atoms in total. The first kappa shape index (κ1) is 15.3. The molecule has 0 aliphatic carbocycles. The van der Waals surface area contributed by atoms with Crippen molar-refractivity contribution in [3.63, 3.8) is 0 Å². The van der Waals surface area contributed by atoms with Crippen molar-refractivity contribution in [1.29, 1.82) is 0 Å². The van der Waals surface area contributed by atoms with E-state index in [0.29, 0.717) is 24.9 Å². The predicted octanol–water partition coefficient (Wildman–Crippen LogP) is 1.35. The Morgan fingerprint density at radius 2 is 2.14 bits per heavy atom. The van der Waals surface area contributed by atoms with E-state index in [2.05, 4.69) is 10.3 Å². The van der Waals surface area contributed by atoms with Crippen LogP contribution in [0.2, 0.25) is 0 Å². The second-order valence-corrected chi connectivity index (χ2v) is 5.20. The van der Waals surface area contributed by atoms with Crippen molar-refractivity contribution in [2.45, 2.75) is 32.3 Å². The highest BCUT2D eigenvalue weighted by atomic mass is 16.3. The fourth-order valence-electron chi connectivity index (χ4n) is 2.14. The zero-order valence-electron chi connectivity index (χ0n) is 12.1. The summed E-state index contributed by atoms with van der Waals surface area (Å²) >= 11 is 0. The molecular weight excluding hydrogens is 268 g/mol. The van der Waals surface area contributed by atoms with Crippen LogP contribution in [0.25, 0.3) is 10.9 Å². The molecule has 5 heteroatoms. The van der Waals surface area contributed by atoms with E-state index >= 15 is 0 Å². The monoisotopic (exact) mass is 288 g/mol. The third kappa shape index (κ3) is 4.43. The van der Waals surface area contributed by atoms with E-state index in [1.54, 1.807) is 6.92 Å². The van der Waals surface area contributed by atoms with Crippen LogP contribution in [0, 0.1) is 0 Å². The number of carbonyl (C=O) groups excluding carboxylic acids is 1. The van der Waals surface area contributed by atoms with Crippen molar-refractivity contribution in [3.8, 4) is 0 Å².